The molecule has 4 nitrogen and oxygen atoms in total. The van der Waals surface area contributed by atoms with Crippen LogP contribution in [0.25, 0.3) is 6.08 Å². The van der Waals surface area contributed by atoms with Crippen LogP contribution in [0.1, 0.15) is 69.5 Å². The Bertz CT molecular complexity index is 579. The van der Waals surface area contributed by atoms with E-state index in [0.717, 1.165) is 49.8 Å². The fraction of sp³-hybridized carbons (Fsp3) is 0.682. The van der Waals surface area contributed by atoms with Crippen molar-refractivity contribution in [2.75, 3.05) is 26.7 Å². The number of methoxy groups -OCH3 is 1. The molecule has 2 heterocycles. The molecular weight excluding hydrogens is 324 g/mol. The van der Waals surface area contributed by atoms with Gasteiger partial charge >= 0.3 is 0 Å². The van der Waals surface area contributed by atoms with Crippen LogP contribution in [-0.4, -0.2) is 47.8 Å². The van der Waals surface area contributed by atoms with Gasteiger partial charge in [-0.1, -0.05) is 31.1 Å². The molecule has 1 aliphatic carbocycles. The van der Waals surface area contributed by atoms with Gasteiger partial charge in [0, 0.05) is 26.4 Å². The van der Waals surface area contributed by atoms with E-state index in [1.54, 1.807) is 7.11 Å². The van der Waals surface area contributed by atoms with E-state index in [2.05, 4.69) is 29.0 Å². The standard InChI is InChI=1S/C22H34N2O2/c1-3-4-13-24-14-9-18(10-15-24)16-19-5-6-21(23-17-19)22(25)11-7-20(26-2)8-12-22/h5-6,16-17,20,25H,3-4,7-15H2,1-2H3. The molecule has 0 unspecified atom stereocenters. The molecule has 0 atom stereocenters. The summed E-state index contributed by atoms with van der Waals surface area (Å²) >= 11 is 0. The number of unbranched alkanes of at least 4 members (excludes halogenated alkanes) is 1. The van der Waals surface area contributed by atoms with Crippen LogP contribution >= 0.6 is 0 Å². The number of nitrogens with zero attached hydrogens (tertiary/aromatic N) is 2. The van der Waals surface area contributed by atoms with Gasteiger partial charge in [0.2, 0.25) is 0 Å². The number of hydrogen-bond acceptors (Lipinski definition) is 4. The molecule has 0 bridgehead atoms. The maximum atomic E-state index is 10.9. The highest BCUT2D eigenvalue weighted by atomic mass is 16.5. The van der Waals surface area contributed by atoms with Crippen LogP contribution < -0.4 is 0 Å². The largest absolute Gasteiger partial charge is 0.384 e. The zero-order chi connectivity index (χ0) is 18.4. The van der Waals surface area contributed by atoms with Gasteiger partial charge in [0.25, 0.3) is 0 Å². The second kappa shape index (κ2) is 9.12. The second-order valence-corrected chi connectivity index (χ2v) is 7.94. The van der Waals surface area contributed by atoms with Crippen molar-refractivity contribution < 1.29 is 9.84 Å². The summed E-state index contributed by atoms with van der Waals surface area (Å²) in [7, 11) is 1.75. The summed E-state index contributed by atoms with van der Waals surface area (Å²) in [6.45, 7) is 5.85. The molecular formula is C22H34N2O2. The number of rotatable bonds is 6. The van der Waals surface area contributed by atoms with Crippen molar-refractivity contribution in [1.29, 1.82) is 0 Å². The van der Waals surface area contributed by atoms with Crippen molar-refractivity contribution >= 4 is 6.08 Å². The minimum Gasteiger partial charge on any atom is -0.384 e. The monoisotopic (exact) mass is 358 g/mol. The average molecular weight is 359 g/mol. The lowest BCUT2D eigenvalue weighted by Crippen LogP contribution is -2.34. The Kier molecular flexibility index (Phi) is 6.85. The van der Waals surface area contributed by atoms with Crippen molar-refractivity contribution in [3.05, 3.63) is 35.2 Å². The van der Waals surface area contributed by atoms with Gasteiger partial charge in [-0.15, -0.1) is 0 Å². The number of hydrogen-bond donors (Lipinski definition) is 1. The van der Waals surface area contributed by atoms with Gasteiger partial charge in [-0.05, 0) is 63.1 Å². The molecule has 144 valence electrons. The Morgan fingerprint density at radius 1 is 1.27 bits per heavy atom. The van der Waals surface area contributed by atoms with E-state index in [9.17, 15) is 5.11 Å². The van der Waals surface area contributed by atoms with Crippen molar-refractivity contribution in [1.82, 2.24) is 9.88 Å². The maximum absolute atomic E-state index is 10.9. The first-order valence-corrected chi connectivity index (χ1v) is 10.3. The van der Waals surface area contributed by atoms with Crippen molar-refractivity contribution in [3.63, 3.8) is 0 Å². The van der Waals surface area contributed by atoms with Gasteiger partial charge in [0.1, 0.15) is 5.60 Å². The predicted molar refractivity (Wildman–Crippen MR) is 106 cm³/mol. The first-order chi connectivity index (χ1) is 12.6. The van der Waals surface area contributed by atoms with E-state index in [1.807, 2.05) is 12.3 Å². The van der Waals surface area contributed by atoms with E-state index in [4.69, 9.17) is 4.74 Å². The van der Waals surface area contributed by atoms with Crippen LogP contribution in [0.3, 0.4) is 0 Å². The molecule has 1 N–H and O–H groups in total. The lowest BCUT2D eigenvalue weighted by Gasteiger charge is -2.35. The fourth-order valence-electron chi connectivity index (χ4n) is 4.15. The second-order valence-electron chi connectivity index (χ2n) is 7.94. The minimum atomic E-state index is -0.786. The molecule has 0 radical (unpaired) electrons. The third-order valence-corrected chi connectivity index (χ3v) is 6.05. The molecule has 1 saturated carbocycles. The van der Waals surface area contributed by atoms with Crippen LogP contribution in [0.2, 0.25) is 0 Å². The topological polar surface area (TPSA) is 45.6 Å². The normalized spacial score (nSPS) is 27.5. The molecule has 2 aliphatic rings. The van der Waals surface area contributed by atoms with Crippen molar-refractivity contribution in [2.45, 2.75) is 70.0 Å². The molecule has 1 aromatic heterocycles. The molecule has 1 saturated heterocycles. The summed E-state index contributed by atoms with van der Waals surface area (Å²) in [5.74, 6) is 0. The molecule has 3 rings (SSSR count). The summed E-state index contributed by atoms with van der Waals surface area (Å²) in [5, 5.41) is 10.9. The SMILES string of the molecule is CCCCN1CCC(=Cc2ccc(C3(O)CCC(OC)CC3)nc2)CC1. The van der Waals surface area contributed by atoms with Gasteiger partial charge in [-0.2, -0.15) is 0 Å². The van der Waals surface area contributed by atoms with E-state index in [1.165, 1.54) is 38.0 Å². The highest BCUT2D eigenvalue weighted by molar-refractivity contribution is 5.52. The fourth-order valence-corrected chi connectivity index (χ4v) is 4.15. The molecule has 1 aromatic rings. The van der Waals surface area contributed by atoms with E-state index < -0.39 is 5.60 Å². The molecule has 26 heavy (non-hydrogen) atoms. The van der Waals surface area contributed by atoms with Crippen LogP contribution in [0.15, 0.2) is 23.9 Å². The zero-order valence-corrected chi connectivity index (χ0v) is 16.4. The van der Waals surface area contributed by atoms with Crippen molar-refractivity contribution in [2.24, 2.45) is 0 Å². The number of aliphatic hydroxyl groups is 1. The number of aromatic nitrogens is 1. The number of ether oxygens (including phenoxy) is 1. The highest BCUT2D eigenvalue weighted by Gasteiger charge is 2.35. The lowest BCUT2D eigenvalue weighted by molar-refractivity contribution is -0.0500. The molecule has 4 heteroatoms. The van der Waals surface area contributed by atoms with Crippen molar-refractivity contribution in [3.8, 4) is 0 Å². The Balaban J connectivity index is 1.57. The highest BCUT2D eigenvalue weighted by Crippen LogP contribution is 2.37. The molecule has 1 aliphatic heterocycles. The Hall–Kier alpha value is -1.23. The summed E-state index contributed by atoms with van der Waals surface area (Å²) in [6, 6.07) is 4.12. The molecule has 0 amide bonds. The maximum Gasteiger partial charge on any atom is 0.107 e. The van der Waals surface area contributed by atoms with Crippen LogP contribution in [0.5, 0.6) is 0 Å². The molecule has 0 aromatic carbocycles. The summed E-state index contributed by atoms with van der Waals surface area (Å²) < 4.78 is 5.41. The van der Waals surface area contributed by atoms with Crippen LogP contribution in [0.4, 0.5) is 0 Å². The van der Waals surface area contributed by atoms with E-state index in [0.29, 0.717) is 0 Å². The van der Waals surface area contributed by atoms with E-state index in [-0.39, 0.29) is 6.10 Å². The van der Waals surface area contributed by atoms with Crippen LogP contribution in [-0.2, 0) is 10.3 Å². The van der Waals surface area contributed by atoms with Gasteiger partial charge in [-0.3, -0.25) is 4.98 Å². The number of pyridine rings is 1. The number of likely N-dealkylation sites (tertiary alicyclic amines) is 1. The smallest absolute Gasteiger partial charge is 0.107 e. The Morgan fingerprint density at radius 2 is 2.00 bits per heavy atom. The van der Waals surface area contributed by atoms with Gasteiger partial charge in [0.05, 0.1) is 11.8 Å². The first-order valence-electron chi connectivity index (χ1n) is 10.3. The minimum absolute atomic E-state index is 0.280. The third kappa shape index (κ3) is 4.93. The molecule has 0 spiro atoms. The summed E-state index contributed by atoms with van der Waals surface area (Å²) in [6.07, 6.45) is 12.6. The van der Waals surface area contributed by atoms with Gasteiger partial charge < -0.3 is 14.7 Å². The summed E-state index contributed by atoms with van der Waals surface area (Å²) in [4.78, 5) is 7.18. The average Bonchev–Trinajstić information content (AvgIpc) is 2.68. The number of piperidine rings is 1. The predicted octanol–water partition coefficient (Wildman–Crippen LogP) is 4.14. The zero-order valence-electron chi connectivity index (χ0n) is 16.4. The first kappa shape index (κ1) is 19.5. The Morgan fingerprint density at radius 3 is 2.58 bits per heavy atom. The quantitative estimate of drug-likeness (QED) is 0.830. The Labute approximate surface area is 158 Å². The summed E-state index contributed by atoms with van der Waals surface area (Å²) in [5.41, 5.74) is 2.70. The molecule has 2 fully saturated rings. The third-order valence-electron chi connectivity index (χ3n) is 6.05. The van der Waals surface area contributed by atoms with Crippen LogP contribution in [0, 0.1) is 0 Å². The van der Waals surface area contributed by atoms with Gasteiger partial charge in [-0.25, -0.2) is 0 Å². The lowest BCUT2D eigenvalue weighted by atomic mass is 9.80. The van der Waals surface area contributed by atoms with Gasteiger partial charge in [0.15, 0.2) is 0 Å². The van der Waals surface area contributed by atoms with E-state index >= 15 is 0 Å².